The van der Waals surface area contributed by atoms with Crippen molar-refractivity contribution in [3.8, 4) is 0 Å². The Labute approximate surface area is 117 Å². The molecule has 1 aromatic carbocycles. The summed E-state index contributed by atoms with van der Waals surface area (Å²) in [7, 11) is 0. The number of hydrogen-bond donors (Lipinski definition) is 1. The molecule has 2 N–H and O–H groups in total. The van der Waals surface area contributed by atoms with Gasteiger partial charge in [-0.3, -0.25) is 0 Å². The van der Waals surface area contributed by atoms with E-state index in [0.717, 1.165) is 43.4 Å². The van der Waals surface area contributed by atoms with Gasteiger partial charge in [0, 0.05) is 49.8 Å². The Balaban J connectivity index is 1.66. The van der Waals surface area contributed by atoms with Gasteiger partial charge in [0.1, 0.15) is 11.6 Å². The maximum absolute atomic E-state index is 12.9. The van der Waals surface area contributed by atoms with Crippen molar-refractivity contribution in [2.75, 3.05) is 41.7 Å². The lowest BCUT2D eigenvalue weighted by Crippen LogP contribution is -2.46. The molecule has 0 radical (unpaired) electrons. The van der Waals surface area contributed by atoms with E-state index in [1.807, 2.05) is 18.2 Å². The Morgan fingerprint density at radius 1 is 0.950 bits per heavy atom. The number of pyridine rings is 1. The third kappa shape index (κ3) is 2.66. The fraction of sp³-hybridized carbons (Fsp3) is 0.267. The molecule has 1 aromatic heterocycles. The largest absolute Gasteiger partial charge is 0.399 e. The topological polar surface area (TPSA) is 45.4 Å². The van der Waals surface area contributed by atoms with E-state index in [0.29, 0.717) is 0 Å². The minimum Gasteiger partial charge on any atom is -0.399 e. The Kier molecular flexibility index (Phi) is 3.41. The second kappa shape index (κ2) is 5.36. The molecule has 20 heavy (non-hydrogen) atoms. The number of piperazine rings is 1. The lowest BCUT2D eigenvalue weighted by Gasteiger charge is -2.36. The SMILES string of the molecule is Nc1ccnc(N2CCN(c3ccc(F)cc3)CC2)c1. The van der Waals surface area contributed by atoms with Gasteiger partial charge in [0.2, 0.25) is 0 Å². The molecule has 1 aliphatic heterocycles. The first kappa shape index (κ1) is 12.7. The van der Waals surface area contributed by atoms with Gasteiger partial charge in [-0.05, 0) is 30.3 Å². The zero-order valence-corrected chi connectivity index (χ0v) is 11.2. The molecule has 0 unspecified atom stereocenters. The molecule has 104 valence electrons. The summed E-state index contributed by atoms with van der Waals surface area (Å²) in [6.07, 6.45) is 1.73. The molecule has 3 rings (SSSR count). The maximum Gasteiger partial charge on any atom is 0.130 e. The van der Waals surface area contributed by atoms with E-state index >= 15 is 0 Å². The van der Waals surface area contributed by atoms with Crippen LogP contribution in [0.15, 0.2) is 42.6 Å². The van der Waals surface area contributed by atoms with E-state index in [4.69, 9.17) is 5.73 Å². The molecule has 0 saturated carbocycles. The summed E-state index contributed by atoms with van der Waals surface area (Å²) >= 11 is 0. The summed E-state index contributed by atoms with van der Waals surface area (Å²) in [5, 5.41) is 0. The van der Waals surface area contributed by atoms with Crippen LogP contribution in [0.2, 0.25) is 0 Å². The summed E-state index contributed by atoms with van der Waals surface area (Å²) in [5.41, 5.74) is 7.58. The zero-order chi connectivity index (χ0) is 13.9. The van der Waals surface area contributed by atoms with Gasteiger partial charge in [-0.2, -0.15) is 0 Å². The van der Waals surface area contributed by atoms with Crippen molar-refractivity contribution in [3.63, 3.8) is 0 Å². The van der Waals surface area contributed by atoms with Crippen molar-refractivity contribution >= 4 is 17.2 Å². The third-order valence-corrected chi connectivity index (χ3v) is 3.56. The lowest BCUT2D eigenvalue weighted by molar-refractivity contribution is 0.624. The van der Waals surface area contributed by atoms with Crippen LogP contribution in [0.4, 0.5) is 21.6 Å². The van der Waals surface area contributed by atoms with Crippen molar-refractivity contribution in [1.82, 2.24) is 4.98 Å². The van der Waals surface area contributed by atoms with E-state index < -0.39 is 0 Å². The highest BCUT2D eigenvalue weighted by Gasteiger charge is 2.18. The zero-order valence-electron chi connectivity index (χ0n) is 11.2. The molecule has 5 heteroatoms. The van der Waals surface area contributed by atoms with Crippen molar-refractivity contribution in [2.24, 2.45) is 0 Å². The van der Waals surface area contributed by atoms with Crippen LogP contribution >= 0.6 is 0 Å². The molecule has 0 spiro atoms. The number of hydrogen-bond acceptors (Lipinski definition) is 4. The van der Waals surface area contributed by atoms with Gasteiger partial charge in [-0.1, -0.05) is 0 Å². The van der Waals surface area contributed by atoms with Gasteiger partial charge in [0.25, 0.3) is 0 Å². The maximum atomic E-state index is 12.9. The summed E-state index contributed by atoms with van der Waals surface area (Å²) in [6.45, 7) is 3.55. The number of aromatic nitrogens is 1. The van der Waals surface area contributed by atoms with E-state index in [-0.39, 0.29) is 5.82 Å². The molecule has 2 heterocycles. The van der Waals surface area contributed by atoms with Crippen LogP contribution in [0.5, 0.6) is 0 Å². The quantitative estimate of drug-likeness (QED) is 0.909. The number of halogens is 1. The van der Waals surface area contributed by atoms with E-state index in [1.165, 1.54) is 12.1 Å². The highest BCUT2D eigenvalue weighted by Crippen LogP contribution is 2.20. The van der Waals surface area contributed by atoms with Gasteiger partial charge in [0.15, 0.2) is 0 Å². The minimum absolute atomic E-state index is 0.198. The van der Waals surface area contributed by atoms with Crippen LogP contribution in [-0.2, 0) is 0 Å². The second-order valence-electron chi connectivity index (χ2n) is 4.90. The first-order chi connectivity index (χ1) is 9.72. The number of nitrogen functional groups attached to an aromatic ring is 1. The predicted molar refractivity (Wildman–Crippen MR) is 79.5 cm³/mol. The molecule has 4 nitrogen and oxygen atoms in total. The smallest absolute Gasteiger partial charge is 0.130 e. The molecule has 1 saturated heterocycles. The fourth-order valence-corrected chi connectivity index (χ4v) is 2.45. The summed E-state index contributed by atoms with van der Waals surface area (Å²) in [5.74, 6) is 0.722. The molecule has 1 fully saturated rings. The number of rotatable bonds is 2. The molecule has 0 bridgehead atoms. The van der Waals surface area contributed by atoms with Gasteiger partial charge in [0.05, 0.1) is 0 Å². The lowest BCUT2D eigenvalue weighted by atomic mass is 10.2. The predicted octanol–water partition coefficient (Wildman–Crippen LogP) is 2.13. The molecule has 2 aromatic rings. The molecular formula is C15H17FN4. The number of benzene rings is 1. The Morgan fingerprint density at radius 3 is 2.25 bits per heavy atom. The van der Waals surface area contributed by atoms with Crippen LogP contribution in [0.1, 0.15) is 0 Å². The van der Waals surface area contributed by atoms with E-state index in [2.05, 4.69) is 14.8 Å². The van der Waals surface area contributed by atoms with Crippen molar-refractivity contribution < 1.29 is 4.39 Å². The van der Waals surface area contributed by atoms with E-state index in [9.17, 15) is 4.39 Å². The standard InChI is InChI=1S/C15H17FN4/c16-12-1-3-14(4-2-12)19-7-9-20(10-8-19)15-11-13(17)5-6-18-15/h1-6,11H,7-10H2,(H2,17,18). The summed E-state index contributed by atoms with van der Waals surface area (Å²) in [6, 6.07) is 10.3. The summed E-state index contributed by atoms with van der Waals surface area (Å²) < 4.78 is 12.9. The normalized spacial score (nSPS) is 15.4. The Morgan fingerprint density at radius 2 is 1.60 bits per heavy atom. The number of nitrogens with zero attached hydrogens (tertiary/aromatic N) is 3. The molecule has 0 amide bonds. The van der Waals surface area contributed by atoms with E-state index in [1.54, 1.807) is 12.3 Å². The van der Waals surface area contributed by atoms with Crippen molar-refractivity contribution in [1.29, 1.82) is 0 Å². The number of nitrogens with two attached hydrogens (primary N) is 1. The van der Waals surface area contributed by atoms with Crippen LogP contribution in [0, 0.1) is 5.82 Å². The van der Waals surface area contributed by atoms with Crippen LogP contribution in [0.3, 0.4) is 0 Å². The molecule has 0 atom stereocenters. The van der Waals surface area contributed by atoms with Gasteiger partial charge < -0.3 is 15.5 Å². The molecule has 1 aliphatic rings. The second-order valence-corrected chi connectivity index (χ2v) is 4.90. The first-order valence-electron chi connectivity index (χ1n) is 6.69. The van der Waals surface area contributed by atoms with Crippen LogP contribution in [-0.4, -0.2) is 31.2 Å². The number of anilines is 3. The van der Waals surface area contributed by atoms with Gasteiger partial charge >= 0.3 is 0 Å². The van der Waals surface area contributed by atoms with Crippen molar-refractivity contribution in [3.05, 3.63) is 48.4 Å². The highest BCUT2D eigenvalue weighted by molar-refractivity contribution is 5.53. The van der Waals surface area contributed by atoms with Crippen molar-refractivity contribution in [2.45, 2.75) is 0 Å². The van der Waals surface area contributed by atoms with Crippen LogP contribution in [0.25, 0.3) is 0 Å². The van der Waals surface area contributed by atoms with Gasteiger partial charge in [-0.15, -0.1) is 0 Å². The first-order valence-corrected chi connectivity index (χ1v) is 6.69. The summed E-state index contributed by atoms with van der Waals surface area (Å²) in [4.78, 5) is 8.82. The third-order valence-electron chi connectivity index (χ3n) is 3.56. The molecular weight excluding hydrogens is 255 g/mol. The Bertz CT molecular complexity index is 577. The average molecular weight is 272 g/mol. The van der Waals surface area contributed by atoms with Crippen LogP contribution < -0.4 is 15.5 Å². The van der Waals surface area contributed by atoms with Gasteiger partial charge in [-0.25, -0.2) is 9.37 Å². The Hall–Kier alpha value is -2.30. The molecule has 0 aliphatic carbocycles. The monoisotopic (exact) mass is 272 g/mol. The average Bonchev–Trinajstić information content (AvgIpc) is 2.48. The highest BCUT2D eigenvalue weighted by atomic mass is 19.1. The fourth-order valence-electron chi connectivity index (χ4n) is 2.45. The minimum atomic E-state index is -0.198.